The molecule has 0 saturated carbocycles. The van der Waals surface area contributed by atoms with Gasteiger partial charge in [0.25, 0.3) is 0 Å². The second-order valence-corrected chi connectivity index (χ2v) is 6.26. The Morgan fingerprint density at radius 1 is 1.44 bits per heavy atom. The fourth-order valence-electron chi connectivity index (χ4n) is 2.01. The molecule has 1 heterocycles. The van der Waals surface area contributed by atoms with Crippen LogP contribution in [0.15, 0.2) is 0 Å². The summed E-state index contributed by atoms with van der Waals surface area (Å²) in [5, 5.41) is 9.19. The summed E-state index contributed by atoms with van der Waals surface area (Å²) in [6, 6.07) is 0.208. The molecule has 1 unspecified atom stereocenters. The summed E-state index contributed by atoms with van der Waals surface area (Å²) in [4.78, 5) is 2.17. The van der Waals surface area contributed by atoms with E-state index in [9.17, 15) is 13.5 Å². The molecule has 0 amide bonds. The molecule has 16 heavy (non-hydrogen) atoms. The number of piperidine rings is 1. The van der Waals surface area contributed by atoms with Crippen LogP contribution in [0.1, 0.15) is 26.2 Å². The summed E-state index contributed by atoms with van der Waals surface area (Å²) < 4.78 is 25.0. The first-order chi connectivity index (χ1) is 7.59. The summed E-state index contributed by atoms with van der Waals surface area (Å²) in [5.41, 5.74) is 0. The Balaban J connectivity index is 2.30. The van der Waals surface area contributed by atoms with Crippen molar-refractivity contribution in [2.75, 3.05) is 32.0 Å². The lowest BCUT2D eigenvalue weighted by atomic mass is 10.0. The predicted molar refractivity (Wildman–Crippen MR) is 63.8 cm³/mol. The van der Waals surface area contributed by atoms with Crippen LogP contribution in [-0.4, -0.2) is 56.5 Å². The van der Waals surface area contributed by atoms with E-state index in [2.05, 4.69) is 9.62 Å². The van der Waals surface area contributed by atoms with Gasteiger partial charge < -0.3 is 5.11 Å². The van der Waals surface area contributed by atoms with E-state index in [-0.39, 0.29) is 18.4 Å². The molecule has 2 N–H and O–H groups in total. The number of nitrogens with one attached hydrogen (secondary N) is 1. The molecule has 0 aromatic carbocycles. The molecular weight excluding hydrogens is 228 g/mol. The van der Waals surface area contributed by atoms with E-state index < -0.39 is 10.0 Å². The lowest BCUT2D eigenvalue weighted by Crippen LogP contribution is -2.45. The van der Waals surface area contributed by atoms with Gasteiger partial charge in [0.2, 0.25) is 10.0 Å². The van der Waals surface area contributed by atoms with E-state index >= 15 is 0 Å². The van der Waals surface area contributed by atoms with Crippen LogP contribution in [0.4, 0.5) is 0 Å². The third-order valence-electron chi connectivity index (χ3n) is 3.06. The van der Waals surface area contributed by atoms with Crippen molar-refractivity contribution in [1.29, 1.82) is 0 Å². The van der Waals surface area contributed by atoms with Gasteiger partial charge in [-0.05, 0) is 26.3 Å². The highest BCUT2D eigenvalue weighted by Crippen LogP contribution is 2.15. The standard InChI is InChI=1S/C10H22N2O3S/c1-2-16(14,15)11-6-8-12-7-4-3-5-10(12)9-13/h10-11,13H,2-9H2,1H3. The van der Waals surface area contributed by atoms with Crippen LogP contribution < -0.4 is 4.72 Å². The van der Waals surface area contributed by atoms with E-state index in [0.717, 1.165) is 25.8 Å². The summed E-state index contributed by atoms with van der Waals surface area (Å²) >= 11 is 0. The molecule has 1 aliphatic heterocycles. The van der Waals surface area contributed by atoms with Gasteiger partial charge in [-0.25, -0.2) is 13.1 Å². The molecule has 0 bridgehead atoms. The van der Waals surface area contributed by atoms with Gasteiger partial charge in [-0.15, -0.1) is 0 Å². The average molecular weight is 250 g/mol. The van der Waals surface area contributed by atoms with E-state index in [0.29, 0.717) is 13.1 Å². The predicted octanol–water partition coefficient (Wildman–Crippen LogP) is -0.227. The molecule has 0 aromatic rings. The Kier molecular flexibility index (Phi) is 5.68. The zero-order valence-electron chi connectivity index (χ0n) is 9.85. The number of hydrogen-bond donors (Lipinski definition) is 2. The quantitative estimate of drug-likeness (QED) is 0.683. The molecule has 1 aliphatic rings. The SMILES string of the molecule is CCS(=O)(=O)NCCN1CCCCC1CO. The first-order valence-corrected chi connectivity index (χ1v) is 7.56. The largest absolute Gasteiger partial charge is 0.395 e. The van der Waals surface area contributed by atoms with E-state index in [4.69, 9.17) is 0 Å². The topological polar surface area (TPSA) is 69.6 Å². The summed E-state index contributed by atoms with van der Waals surface area (Å²) in [6.07, 6.45) is 3.30. The van der Waals surface area contributed by atoms with Gasteiger partial charge in [0.1, 0.15) is 0 Å². The molecule has 6 heteroatoms. The van der Waals surface area contributed by atoms with Crippen LogP contribution in [0.25, 0.3) is 0 Å². The van der Waals surface area contributed by atoms with Crippen molar-refractivity contribution in [3.05, 3.63) is 0 Å². The van der Waals surface area contributed by atoms with E-state index in [1.807, 2.05) is 0 Å². The fraction of sp³-hybridized carbons (Fsp3) is 1.00. The van der Waals surface area contributed by atoms with Gasteiger partial charge in [-0.1, -0.05) is 6.42 Å². The van der Waals surface area contributed by atoms with Crippen LogP contribution in [0, 0.1) is 0 Å². The summed E-state index contributed by atoms with van der Waals surface area (Å²) in [5.74, 6) is 0.121. The molecule has 0 radical (unpaired) electrons. The third kappa shape index (κ3) is 4.37. The van der Waals surface area contributed by atoms with Crippen molar-refractivity contribution in [2.45, 2.75) is 32.2 Å². The highest BCUT2D eigenvalue weighted by atomic mass is 32.2. The molecular formula is C10H22N2O3S. The number of aliphatic hydroxyl groups excluding tert-OH is 1. The van der Waals surface area contributed by atoms with Crippen LogP contribution in [0.3, 0.4) is 0 Å². The maximum atomic E-state index is 11.2. The Bertz CT molecular complexity index is 292. The molecule has 1 atom stereocenters. The molecule has 5 nitrogen and oxygen atoms in total. The lowest BCUT2D eigenvalue weighted by Gasteiger charge is -2.34. The molecule has 96 valence electrons. The van der Waals surface area contributed by atoms with Crippen molar-refractivity contribution in [1.82, 2.24) is 9.62 Å². The van der Waals surface area contributed by atoms with Crippen molar-refractivity contribution in [2.24, 2.45) is 0 Å². The van der Waals surface area contributed by atoms with Gasteiger partial charge in [-0.2, -0.15) is 0 Å². The minimum absolute atomic E-state index is 0.121. The van der Waals surface area contributed by atoms with E-state index in [1.54, 1.807) is 6.92 Å². The smallest absolute Gasteiger partial charge is 0.211 e. The molecule has 1 fully saturated rings. The van der Waals surface area contributed by atoms with Crippen LogP contribution in [0.5, 0.6) is 0 Å². The number of hydrogen-bond acceptors (Lipinski definition) is 4. The van der Waals surface area contributed by atoms with Crippen LogP contribution in [-0.2, 0) is 10.0 Å². The molecule has 0 aliphatic carbocycles. The van der Waals surface area contributed by atoms with Gasteiger partial charge in [0, 0.05) is 19.1 Å². The normalized spacial score (nSPS) is 23.5. The second-order valence-electron chi connectivity index (χ2n) is 4.17. The number of aliphatic hydroxyl groups is 1. The minimum atomic E-state index is -3.08. The van der Waals surface area contributed by atoms with Gasteiger partial charge >= 0.3 is 0 Å². The lowest BCUT2D eigenvalue weighted by molar-refractivity contribution is 0.0923. The second kappa shape index (κ2) is 6.54. The fourth-order valence-corrected chi connectivity index (χ4v) is 2.61. The highest BCUT2D eigenvalue weighted by molar-refractivity contribution is 7.89. The third-order valence-corrected chi connectivity index (χ3v) is 4.46. The van der Waals surface area contributed by atoms with Gasteiger partial charge in [0.15, 0.2) is 0 Å². The number of likely N-dealkylation sites (tertiary alicyclic amines) is 1. The minimum Gasteiger partial charge on any atom is -0.395 e. The number of rotatable bonds is 6. The highest BCUT2D eigenvalue weighted by Gasteiger charge is 2.21. The molecule has 1 saturated heterocycles. The maximum absolute atomic E-state index is 11.2. The van der Waals surface area contributed by atoms with Crippen LogP contribution in [0.2, 0.25) is 0 Å². The number of nitrogens with zero attached hydrogens (tertiary/aromatic N) is 1. The first kappa shape index (κ1) is 13.9. The van der Waals surface area contributed by atoms with Crippen molar-refractivity contribution in [3.63, 3.8) is 0 Å². The summed E-state index contributed by atoms with van der Waals surface area (Å²) in [7, 11) is -3.08. The Labute approximate surface area is 97.9 Å². The number of sulfonamides is 1. The van der Waals surface area contributed by atoms with Crippen molar-refractivity contribution < 1.29 is 13.5 Å². The monoisotopic (exact) mass is 250 g/mol. The van der Waals surface area contributed by atoms with Gasteiger partial charge in [0.05, 0.1) is 12.4 Å². The molecule has 0 spiro atoms. The van der Waals surface area contributed by atoms with Gasteiger partial charge in [-0.3, -0.25) is 4.90 Å². The Hall–Kier alpha value is -0.170. The van der Waals surface area contributed by atoms with E-state index in [1.165, 1.54) is 0 Å². The van der Waals surface area contributed by atoms with Crippen LogP contribution >= 0.6 is 0 Å². The zero-order chi connectivity index (χ0) is 12.0. The van der Waals surface area contributed by atoms with Crippen molar-refractivity contribution >= 4 is 10.0 Å². The summed E-state index contributed by atoms with van der Waals surface area (Å²) in [6.45, 7) is 3.87. The zero-order valence-corrected chi connectivity index (χ0v) is 10.7. The molecule has 0 aromatic heterocycles. The van der Waals surface area contributed by atoms with Crippen molar-refractivity contribution in [3.8, 4) is 0 Å². The first-order valence-electron chi connectivity index (χ1n) is 5.91. The average Bonchev–Trinajstić information content (AvgIpc) is 2.29. The Morgan fingerprint density at radius 3 is 2.81 bits per heavy atom. The maximum Gasteiger partial charge on any atom is 0.211 e. The Morgan fingerprint density at radius 2 is 2.19 bits per heavy atom. The molecule has 1 rings (SSSR count).